The highest BCUT2D eigenvalue weighted by molar-refractivity contribution is 5.79. The largest absolute Gasteiger partial charge is 0.381 e. The number of carbonyl (C=O) groups excluding carboxylic acids is 1. The van der Waals surface area contributed by atoms with Gasteiger partial charge in [-0.2, -0.15) is 0 Å². The van der Waals surface area contributed by atoms with Crippen LogP contribution in [-0.2, 0) is 9.53 Å². The Kier molecular flexibility index (Phi) is 6.02. The molecule has 3 N–H and O–H groups in total. The normalized spacial score (nSPS) is 26.0. The molecule has 5 nitrogen and oxygen atoms in total. The number of rotatable bonds is 5. The molecular formula is C16H31N3O2. The van der Waals surface area contributed by atoms with Crippen LogP contribution in [0.4, 0.5) is 0 Å². The number of likely N-dealkylation sites (tertiary alicyclic amines) is 1. The van der Waals surface area contributed by atoms with Crippen LogP contribution in [0.15, 0.2) is 0 Å². The van der Waals surface area contributed by atoms with Gasteiger partial charge < -0.3 is 15.8 Å². The topological polar surface area (TPSA) is 67.6 Å². The standard InChI is InChI=1S/C16H31N3O2/c1-13(14(2)17)15(20)18-12-16(6-10-21-11-7-16)19-8-4-3-5-9-19/h13-14H,3-12,17H2,1-2H3,(H,18,20). The number of nitrogens with two attached hydrogens (primary N) is 1. The maximum atomic E-state index is 12.2. The monoisotopic (exact) mass is 297 g/mol. The Morgan fingerprint density at radius 1 is 1.24 bits per heavy atom. The van der Waals surface area contributed by atoms with Crippen molar-refractivity contribution in [3.05, 3.63) is 0 Å². The summed E-state index contributed by atoms with van der Waals surface area (Å²) < 4.78 is 5.55. The first-order valence-electron chi connectivity index (χ1n) is 8.41. The van der Waals surface area contributed by atoms with Crippen LogP contribution in [0.1, 0.15) is 46.0 Å². The van der Waals surface area contributed by atoms with E-state index in [1.54, 1.807) is 0 Å². The van der Waals surface area contributed by atoms with E-state index < -0.39 is 0 Å². The van der Waals surface area contributed by atoms with Crippen molar-refractivity contribution >= 4 is 5.91 Å². The van der Waals surface area contributed by atoms with Crippen LogP contribution in [-0.4, -0.2) is 55.2 Å². The fraction of sp³-hybridized carbons (Fsp3) is 0.938. The van der Waals surface area contributed by atoms with Gasteiger partial charge in [-0.15, -0.1) is 0 Å². The molecule has 0 saturated carbocycles. The predicted octanol–water partition coefficient (Wildman–Crippen LogP) is 1.12. The van der Waals surface area contributed by atoms with E-state index >= 15 is 0 Å². The lowest BCUT2D eigenvalue weighted by Crippen LogP contribution is -2.60. The number of ether oxygens (including phenoxy) is 1. The van der Waals surface area contributed by atoms with E-state index in [-0.39, 0.29) is 23.4 Å². The van der Waals surface area contributed by atoms with Gasteiger partial charge in [0.2, 0.25) is 5.91 Å². The summed E-state index contributed by atoms with van der Waals surface area (Å²) in [6.07, 6.45) is 5.90. The first kappa shape index (κ1) is 16.7. The molecule has 0 aromatic heterocycles. The van der Waals surface area contributed by atoms with Gasteiger partial charge in [0, 0.05) is 37.3 Å². The lowest BCUT2D eigenvalue weighted by molar-refractivity contribution is -0.126. The summed E-state index contributed by atoms with van der Waals surface area (Å²) >= 11 is 0. The molecule has 0 aromatic carbocycles. The number of amides is 1. The molecule has 2 heterocycles. The zero-order valence-corrected chi connectivity index (χ0v) is 13.6. The Morgan fingerprint density at radius 3 is 2.43 bits per heavy atom. The molecule has 122 valence electrons. The van der Waals surface area contributed by atoms with Crippen LogP contribution in [0.2, 0.25) is 0 Å². The van der Waals surface area contributed by atoms with E-state index in [0.29, 0.717) is 0 Å². The molecule has 2 rings (SSSR count). The molecular weight excluding hydrogens is 266 g/mol. The Balaban J connectivity index is 1.97. The molecule has 0 aromatic rings. The first-order chi connectivity index (χ1) is 10.1. The van der Waals surface area contributed by atoms with E-state index in [9.17, 15) is 4.79 Å². The van der Waals surface area contributed by atoms with Crippen LogP contribution >= 0.6 is 0 Å². The van der Waals surface area contributed by atoms with E-state index in [1.165, 1.54) is 19.3 Å². The second-order valence-corrected chi connectivity index (χ2v) is 6.75. The van der Waals surface area contributed by atoms with Crippen LogP contribution in [0.3, 0.4) is 0 Å². The van der Waals surface area contributed by atoms with Gasteiger partial charge in [-0.05, 0) is 45.7 Å². The SMILES string of the molecule is CC(N)C(C)C(=O)NCC1(N2CCCCC2)CCOCC1. The van der Waals surface area contributed by atoms with Crippen molar-refractivity contribution in [2.24, 2.45) is 11.7 Å². The molecule has 2 saturated heterocycles. The average Bonchev–Trinajstić information content (AvgIpc) is 2.53. The highest BCUT2D eigenvalue weighted by atomic mass is 16.5. The maximum Gasteiger partial charge on any atom is 0.224 e. The number of piperidine rings is 1. The van der Waals surface area contributed by atoms with Crippen molar-refractivity contribution in [2.45, 2.75) is 57.5 Å². The van der Waals surface area contributed by atoms with Gasteiger partial charge in [0.15, 0.2) is 0 Å². The van der Waals surface area contributed by atoms with Gasteiger partial charge in [0.05, 0.1) is 0 Å². The van der Waals surface area contributed by atoms with Crippen molar-refractivity contribution in [3.63, 3.8) is 0 Å². The molecule has 0 spiro atoms. The fourth-order valence-electron chi connectivity index (χ4n) is 3.38. The second-order valence-electron chi connectivity index (χ2n) is 6.75. The molecule has 2 aliphatic rings. The Morgan fingerprint density at radius 2 is 1.86 bits per heavy atom. The van der Waals surface area contributed by atoms with E-state index in [2.05, 4.69) is 10.2 Å². The third-order valence-electron chi connectivity index (χ3n) is 5.24. The summed E-state index contributed by atoms with van der Waals surface area (Å²) in [4.78, 5) is 14.8. The minimum atomic E-state index is -0.136. The van der Waals surface area contributed by atoms with E-state index in [0.717, 1.165) is 45.7 Å². The van der Waals surface area contributed by atoms with Gasteiger partial charge in [-0.25, -0.2) is 0 Å². The summed E-state index contributed by atoms with van der Waals surface area (Å²) in [5, 5.41) is 3.16. The van der Waals surface area contributed by atoms with Crippen LogP contribution < -0.4 is 11.1 Å². The number of nitrogens with one attached hydrogen (secondary N) is 1. The quantitative estimate of drug-likeness (QED) is 0.798. The predicted molar refractivity (Wildman–Crippen MR) is 84.0 cm³/mol. The van der Waals surface area contributed by atoms with Crippen LogP contribution in [0, 0.1) is 5.92 Å². The van der Waals surface area contributed by atoms with Crippen molar-refractivity contribution < 1.29 is 9.53 Å². The molecule has 2 aliphatic heterocycles. The van der Waals surface area contributed by atoms with Gasteiger partial charge in [-0.1, -0.05) is 13.3 Å². The average molecular weight is 297 g/mol. The molecule has 0 aliphatic carbocycles. The van der Waals surface area contributed by atoms with Crippen molar-refractivity contribution in [2.75, 3.05) is 32.8 Å². The summed E-state index contributed by atoms with van der Waals surface area (Å²) in [7, 11) is 0. The molecule has 0 bridgehead atoms. The molecule has 21 heavy (non-hydrogen) atoms. The highest BCUT2D eigenvalue weighted by Crippen LogP contribution is 2.30. The fourth-order valence-corrected chi connectivity index (χ4v) is 3.38. The molecule has 2 atom stereocenters. The molecule has 2 fully saturated rings. The molecule has 5 heteroatoms. The summed E-state index contributed by atoms with van der Waals surface area (Å²) in [5.74, 6) is -0.0591. The zero-order valence-electron chi connectivity index (χ0n) is 13.6. The van der Waals surface area contributed by atoms with Crippen molar-refractivity contribution in [1.29, 1.82) is 0 Å². The number of nitrogens with zero attached hydrogens (tertiary/aromatic N) is 1. The minimum Gasteiger partial charge on any atom is -0.381 e. The lowest BCUT2D eigenvalue weighted by Gasteiger charge is -2.48. The summed E-state index contributed by atoms with van der Waals surface area (Å²) in [6, 6.07) is -0.106. The van der Waals surface area contributed by atoms with Gasteiger partial charge in [0.1, 0.15) is 0 Å². The minimum absolute atomic E-state index is 0.0767. The Labute approximate surface area is 128 Å². The molecule has 2 unspecified atom stereocenters. The summed E-state index contributed by atoms with van der Waals surface area (Å²) in [5.41, 5.74) is 5.92. The molecule has 1 amide bonds. The second kappa shape index (κ2) is 7.56. The Bertz CT molecular complexity index is 334. The van der Waals surface area contributed by atoms with E-state index in [4.69, 9.17) is 10.5 Å². The summed E-state index contributed by atoms with van der Waals surface area (Å²) in [6.45, 7) is 8.42. The lowest BCUT2D eigenvalue weighted by atomic mass is 9.85. The molecule has 0 radical (unpaired) electrons. The Hall–Kier alpha value is -0.650. The van der Waals surface area contributed by atoms with Gasteiger partial charge in [0.25, 0.3) is 0 Å². The van der Waals surface area contributed by atoms with Crippen molar-refractivity contribution in [1.82, 2.24) is 10.2 Å². The number of hydrogen-bond acceptors (Lipinski definition) is 4. The highest BCUT2D eigenvalue weighted by Gasteiger charge is 2.39. The van der Waals surface area contributed by atoms with Crippen LogP contribution in [0.5, 0.6) is 0 Å². The smallest absolute Gasteiger partial charge is 0.224 e. The zero-order chi connectivity index (χ0) is 15.3. The van der Waals surface area contributed by atoms with Gasteiger partial charge in [-0.3, -0.25) is 9.69 Å². The van der Waals surface area contributed by atoms with Crippen LogP contribution in [0.25, 0.3) is 0 Å². The third-order valence-corrected chi connectivity index (χ3v) is 5.24. The number of carbonyl (C=O) groups is 1. The first-order valence-corrected chi connectivity index (χ1v) is 8.41. The number of hydrogen-bond donors (Lipinski definition) is 2. The van der Waals surface area contributed by atoms with Crippen molar-refractivity contribution in [3.8, 4) is 0 Å². The van der Waals surface area contributed by atoms with Gasteiger partial charge >= 0.3 is 0 Å². The van der Waals surface area contributed by atoms with E-state index in [1.807, 2.05) is 13.8 Å². The third kappa shape index (κ3) is 4.18. The maximum absolute atomic E-state index is 12.2.